The minimum atomic E-state index is 0.237. The second-order valence-corrected chi connectivity index (χ2v) is 2.89. The number of aryl methyl sites for hydroxylation is 1. The van der Waals surface area contributed by atoms with Gasteiger partial charge in [-0.05, 0) is 18.5 Å². The third-order valence-electron chi connectivity index (χ3n) is 1.33. The summed E-state index contributed by atoms with van der Waals surface area (Å²) in [6.07, 6.45) is 0. The van der Waals surface area contributed by atoms with Gasteiger partial charge in [-0.25, -0.2) is 4.98 Å². The molecule has 10 heavy (non-hydrogen) atoms. The van der Waals surface area contributed by atoms with Crippen LogP contribution in [0.25, 0.3) is 0 Å². The predicted molar refractivity (Wildman–Crippen MR) is 40.3 cm³/mol. The van der Waals surface area contributed by atoms with Gasteiger partial charge in [0.1, 0.15) is 5.76 Å². The average Bonchev–Trinajstić information content (AvgIpc) is 2.10. The Morgan fingerprint density at radius 2 is 2.10 bits per heavy atom. The topological polar surface area (TPSA) is 26.0 Å². The minimum Gasteiger partial charge on any atom is -0.432 e. The molecule has 1 aromatic heterocycles. The average molecular weight is 160 g/mol. The van der Waals surface area contributed by atoms with Gasteiger partial charge in [-0.15, -0.1) is 0 Å². The second-order valence-electron chi connectivity index (χ2n) is 2.57. The van der Waals surface area contributed by atoms with Crippen molar-refractivity contribution in [2.45, 2.75) is 26.7 Å². The highest BCUT2D eigenvalue weighted by atomic mass is 35.5. The van der Waals surface area contributed by atoms with Crippen LogP contribution in [0.2, 0.25) is 5.35 Å². The Morgan fingerprint density at radius 1 is 1.50 bits per heavy atom. The Bertz CT molecular complexity index is 230. The first kappa shape index (κ1) is 7.61. The Hall–Kier alpha value is -0.500. The third kappa shape index (κ3) is 1.32. The molecule has 0 N–H and O–H groups in total. The van der Waals surface area contributed by atoms with Crippen LogP contribution in [0.15, 0.2) is 4.42 Å². The monoisotopic (exact) mass is 159 g/mol. The van der Waals surface area contributed by atoms with Crippen LogP contribution >= 0.6 is 11.6 Å². The van der Waals surface area contributed by atoms with Crippen molar-refractivity contribution in [3.8, 4) is 0 Å². The molecular formula is C7H10ClNO. The summed E-state index contributed by atoms with van der Waals surface area (Å²) < 4.78 is 5.13. The fraction of sp³-hybridized carbons (Fsp3) is 0.571. The lowest BCUT2D eigenvalue weighted by Crippen LogP contribution is -1.86. The van der Waals surface area contributed by atoms with Crippen LogP contribution < -0.4 is 0 Å². The van der Waals surface area contributed by atoms with Crippen LogP contribution in [-0.2, 0) is 0 Å². The van der Waals surface area contributed by atoms with Gasteiger partial charge in [0.25, 0.3) is 5.35 Å². The van der Waals surface area contributed by atoms with Crippen molar-refractivity contribution < 1.29 is 4.42 Å². The molecule has 0 saturated carbocycles. The number of hydrogen-bond acceptors (Lipinski definition) is 2. The molecule has 0 unspecified atom stereocenters. The molecule has 3 heteroatoms. The minimum absolute atomic E-state index is 0.237. The molecule has 1 heterocycles. The van der Waals surface area contributed by atoms with E-state index in [2.05, 4.69) is 4.98 Å². The summed E-state index contributed by atoms with van der Waals surface area (Å²) in [5.74, 6) is 1.24. The van der Waals surface area contributed by atoms with Gasteiger partial charge in [-0.3, -0.25) is 0 Å². The van der Waals surface area contributed by atoms with E-state index in [0.29, 0.717) is 5.92 Å². The van der Waals surface area contributed by atoms with E-state index in [-0.39, 0.29) is 5.35 Å². The smallest absolute Gasteiger partial charge is 0.292 e. The summed E-state index contributed by atoms with van der Waals surface area (Å²) in [5, 5.41) is 0.237. The molecule has 0 fully saturated rings. The molecule has 1 aromatic rings. The van der Waals surface area contributed by atoms with Crippen molar-refractivity contribution in [1.82, 2.24) is 4.98 Å². The van der Waals surface area contributed by atoms with Gasteiger partial charge in [0.2, 0.25) is 0 Å². The van der Waals surface area contributed by atoms with Gasteiger partial charge in [0.15, 0.2) is 0 Å². The third-order valence-corrected chi connectivity index (χ3v) is 1.49. The first-order chi connectivity index (χ1) is 4.61. The van der Waals surface area contributed by atoms with Crippen molar-refractivity contribution in [3.05, 3.63) is 16.8 Å². The van der Waals surface area contributed by atoms with E-state index in [0.717, 1.165) is 11.5 Å². The number of nitrogens with zero attached hydrogens (tertiary/aromatic N) is 1. The van der Waals surface area contributed by atoms with Gasteiger partial charge in [-0.2, -0.15) is 0 Å². The lowest BCUT2D eigenvalue weighted by Gasteiger charge is -1.97. The SMILES string of the molecule is Cc1nc(Cl)oc1C(C)C. The Morgan fingerprint density at radius 3 is 2.30 bits per heavy atom. The number of aromatic nitrogens is 1. The van der Waals surface area contributed by atoms with Gasteiger partial charge in [0, 0.05) is 5.92 Å². The summed E-state index contributed by atoms with van der Waals surface area (Å²) in [5.41, 5.74) is 0.889. The molecule has 56 valence electrons. The summed E-state index contributed by atoms with van der Waals surface area (Å²) in [6.45, 7) is 5.98. The molecule has 0 aliphatic carbocycles. The predicted octanol–water partition coefficient (Wildman–Crippen LogP) is 2.76. The van der Waals surface area contributed by atoms with Gasteiger partial charge in [-0.1, -0.05) is 13.8 Å². The summed E-state index contributed by atoms with van der Waals surface area (Å²) >= 11 is 5.53. The van der Waals surface area contributed by atoms with Crippen LogP contribution in [-0.4, -0.2) is 4.98 Å². The molecular weight excluding hydrogens is 150 g/mol. The van der Waals surface area contributed by atoms with Crippen molar-refractivity contribution >= 4 is 11.6 Å². The zero-order valence-electron chi connectivity index (χ0n) is 6.31. The molecule has 0 saturated heterocycles. The van der Waals surface area contributed by atoms with Crippen molar-refractivity contribution in [2.75, 3.05) is 0 Å². The van der Waals surface area contributed by atoms with E-state index >= 15 is 0 Å². The quantitative estimate of drug-likeness (QED) is 0.630. The standard InChI is InChI=1S/C7H10ClNO/c1-4(2)6-5(3)9-7(8)10-6/h4H,1-3H3. The number of halogens is 1. The van der Waals surface area contributed by atoms with Crippen LogP contribution in [0.5, 0.6) is 0 Å². The maximum absolute atomic E-state index is 5.53. The van der Waals surface area contributed by atoms with E-state index in [9.17, 15) is 0 Å². The van der Waals surface area contributed by atoms with Crippen LogP contribution in [0, 0.1) is 6.92 Å². The summed E-state index contributed by atoms with van der Waals surface area (Å²) in [7, 11) is 0. The van der Waals surface area contributed by atoms with Crippen LogP contribution in [0.3, 0.4) is 0 Å². The maximum Gasteiger partial charge on any atom is 0.292 e. The molecule has 0 aliphatic heterocycles. The fourth-order valence-corrected chi connectivity index (χ4v) is 1.12. The highest BCUT2D eigenvalue weighted by Crippen LogP contribution is 2.21. The molecule has 0 bridgehead atoms. The molecule has 0 aromatic carbocycles. The second kappa shape index (κ2) is 2.62. The zero-order valence-corrected chi connectivity index (χ0v) is 7.07. The van der Waals surface area contributed by atoms with E-state index in [1.54, 1.807) is 0 Å². The molecule has 0 radical (unpaired) electrons. The first-order valence-electron chi connectivity index (χ1n) is 3.24. The first-order valence-corrected chi connectivity index (χ1v) is 3.62. The summed E-state index contributed by atoms with van der Waals surface area (Å²) in [6, 6.07) is 0. The lowest BCUT2D eigenvalue weighted by molar-refractivity contribution is 0.482. The molecule has 2 nitrogen and oxygen atoms in total. The molecule has 0 aliphatic rings. The van der Waals surface area contributed by atoms with Gasteiger partial charge < -0.3 is 4.42 Å². The van der Waals surface area contributed by atoms with E-state index in [4.69, 9.17) is 16.0 Å². The van der Waals surface area contributed by atoms with E-state index in [1.807, 2.05) is 20.8 Å². The maximum atomic E-state index is 5.53. The van der Waals surface area contributed by atoms with Crippen molar-refractivity contribution in [1.29, 1.82) is 0 Å². The molecule has 0 amide bonds. The molecule has 0 spiro atoms. The van der Waals surface area contributed by atoms with Crippen LogP contribution in [0.1, 0.15) is 31.2 Å². The molecule has 1 rings (SSSR count). The number of hydrogen-bond donors (Lipinski definition) is 0. The van der Waals surface area contributed by atoms with E-state index < -0.39 is 0 Å². The van der Waals surface area contributed by atoms with Crippen LogP contribution in [0.4, 0.5) is 0 Å². The Labute approximate surface area is 65.2 Å². The number of oxazole rings is 1. The van der Waals surface area contributed by atoms with E-state index in [1.165, 1.54) is 0 Å². The Balaban J connectivity index is 3.03. The highest BCUT2D eigenvalue weighted by molar-refractivity contribution is 6.27. The summed E-state index contributed by atoms with van der Waals surface area (Å²) in [4.78, 5) is 3.93. The number of rotatable bonds is 1. The zero-order chi connectivity index (χ0) is 7.72. The lowest BCUT2D eigenvalue weighted by atomic mass is 10.1. The van der Waals surface area contributed by atoms with Crippen molar-refractivity contribution in [3.63, 3.8) is 0 Å². The fourth-order valence-electron chi connectivity index (χ4n) is 0.910. The Kier molecular flexibility index (Phi) is 2.00. The largest absolute Gasteiger partial charge is 0.432 e. The van der Waals surface area contributed by atoms with Crippen molar-refractivity contribution in [2.24, 2.45) is 0 Å². The highest BCUT2D eigenvalue weighted by Gasteiger charge is 2.10. The molecule has 0 atom stereocenters. The normalized spacial score (nSPS) is 10.9. The van der Waals surface area contributed by atoms with Gasteiger partial charge in [0.05, 0.1) is 5.69 Å². The van der Waals surface area contributed by atoms with Gasteiger partial charge >= 0.3 is 0 Å².